The summed E-state index contributed by atoms with van der Waals surface area (Å²) in [5, 5.41) is 14.2. The number of ether oxygens (including phenoxy) is 1. The predicted octanol–water partition coefficient (Wildman–Crippen LogP) is 3.95. The number of methoxy groups -OCH3 is 1. The second-order valence-corrected chi connectivity index (χ2v) is 8.21. The standard InChI is InChI=1S/C23H17F4N3O4S/c1-34-22(33)19-18(12-6-2-4-8-15(12)24)13(10-28)21(30-20(19)32)35-11-17(31)29-16-9-5-3-7-14(16)23(25,26)27/h2-9,18-19H,11H2,1H3,(H,29,31)(H,30,32)/t18-,19+/m0/s1. The maximum Gasteiger partial charge on any atom is 0.418 e. The number of hydrogen-bond donors (Lipinski definition) is 2. The Kier molecular flexibility index (Phi) is 7.81. The van der Waals surface area contributed by atoms with Gasteiger partial charge in [-0.25, -0.2) is 4.39 Å². The molecule has 3 rings (SSSR count). The quantitative estimate of drug-likeness (QED) is 0.348. The number of nitriles is 1. The molecule has 182 valence electrons. The van der Waals surface area contributed by atoms with Crippen molar-refractivity contribution >= 4 is 35.2 Å². The van der Waals surface area contributed by atoms with E-state index in [2.05, 4.69) is 15.4 Å². The summed E-state index contributed by atoms with van der Waals surface area (Å²) in [6, 6.07) is 11.5. The molecule has 0 saturated heterocycles. The number of benzene rings is 2. The molecule has 1 aliphatic rings. The van der Waals surface area contributed by atoms with E-state index in [1.54, 1.807) is 0 Å². The van der Waals surface area contributed by atoms with Gasteiger partial charge in [0, 0.05) is 5.92 Å². The lowest BCUT2D eigenvalue weighted by molar-refractivity contribution is -0.150. The third-order valence-electron chi connectivity index (χ3n) is 5.08. The van der Waals surface area contributed by atoms with Gasteiger partial charge in [-0.15, -0.1) is 0 Å². The van der Waals surface area contributed by atoms with E-state index in [9.17, 15) is 37.2 Å². The van der Waals surface area contributed by atoms with Crippen LogP contribution < -0.4 is 10.6 Å². The maximum absolute atomic E-state index is 14.6. The summed E-state index contributed by atoms with van der Waals surface area (Å²) in [5.74, 6) is -6.87. The molecule has 0 spiro atoms. The summed E-state index contributed by atoms with van der Waals surface area (Å²) in [7, 11) is 1.04. The minimum atomic E-state index is -4.69. The molecule has 2 amide bonds. The number of hydrogen-bond acceptors (Lipinski definition) is 6. The zero-order chi connectivity index (χ0) is 25.8. The molecule has 2 N–H and O–H groups in total. The Morgan fingerprint density at radius 1 is 1.17 bits per heavy atom. The fraction of sp³-hybridized carbons (Fsp3) is 0.217. The number of carbonyl (C=O) groups is 3. The number of allylic oxidation sites excluding steroid dienone is 1. The van der Waals surface area contributed by atoms with E-state index in [-0.39, 0.29) is 16.2 Å². The molecule has 35 heavy (non-hydrogen) atoms. The van der Waals surface area contributed by atoms with Crippen LogP contribution in [0.3, 0.4) is 0 Å². The highest BCUT2D eigenvalue weighted by Crippen LogP contribution is 2.41. The number of rotatable bonds is 6. The molecule has 12 heteroatoms. The third-order valence-corrected chi connectivity index (χ3v) is 6.10. The lowest BCUT2D eigenvalue weighted by atomic mass is 9.78. The Morgan fingerprint density at radius 2 is 1.83 bits per heavy atom. The predicted molar refractivity (Wildman–Crippen MR) is 118 cm³/mol. The molecule has 0 bridgehead atoms. The summed E-state index contributed by atoms with van der Waals surface area (Å²) < 4.78 is 58.8. The zero-order valence-electron chi connectivity index (χ0n) is 18.0. The van der Waals surface area contributed by atoms with Crippen LogP contribution in [0.2, 0.25) is 0 Å². The Bertz CT molecular complexity index is 1240. The van der Waals surface area contributed by atoms with Crippen LogP contribution in [0, 0.1) is 23.1 Å². The van der Waals surface area contributed by atoms with Crippen LogP contribution in [0.1, 0.15) is 17.0 Å². The van der Waals surface area contributed by atoms with Crippen molar-refractivity contribution in [2.75, 3.05) is 18.2 Å². The molecule has 0 unspecified atom stereocenters. The molecule has 1 heterocycles. The van der Waals surface area contributed by atoms with Crippen LogP contribution in [0.4, 0.5) is 23.2 Å². The average Bonchev–Trinajstić information content (AvgIpc) is 2.82. The monoisotopic (exact) mass is 507 g/mol. The summed E-state index contributed by atoms with van der Waals surface area (Å²) in [6.07, 6.45) is -4.69. The summed E-state index contributed by atoms with van der Waals surface area (Å²) in [6.45, 7) is 0. The van der Waals surface area contributed by atoms with Crippen molar-refractivity contribution in [1.82, 2.24) is 5.32 Å². The summed E-state index contributed by atoms with van der Waals surface area (Å²) >= 11 is 0.657. The summed E-state index contributed by atoms with van der Waals surface area (Å²) in [5.41, 5.74) is -1.79. The number of nitrogens with zero attached hydrogens (tertiary/aromatic N) is 1. The lowest BCUT2D eigenvalue weighted by Crippen LogP contribution is -2.44. The molecular formula is C23H17F4N3O4S. The van der Waals surface area contributed by atoms with Gasteiger partial charge >= 0.3 is 12.1 Å². The van der Waals surface area contributed by atoms with Crippen LogP contribution in [0.25, 0.3) is 0 Å². The van der Waals surface area contributed by atoms with Gasteiger partial charge in [0.25, 0.3) is 0 Å². The molecule has 0 saturated carbocycles. The zero-order valence-corrected chi connectivity index (χ0v) is 18.8. The van der Waals surface area contributed by atoms with Crippen molar-refractivity contribution in [3.8, 4) is 6.07 Å². The van der Waals surface area contributed by atoms with Gasteiger partial charge in [0.05, 0.1) is 40.8 Å². The Balaban J connectivity index is 1.91. The fourth-order valence-corrected chi connectivity index (χ4v) is 4.39. The molecule has 0 aromatic heterocycles. The van der Waals surface area contributed by atoms with Crippen LogP contribution in [-0.4, -0.2) is 30.6 Å². The van der Waals surface area contributed by atoms with Crippen molar-refractivity contribution in [3.05, 3.63) is 76.1 Å². The van der Waals surface area contributed by atoms with E-state index < -0.39 is 58.6 Å². The molecule has 2 aromatic carbocycles. The van der Waals surface area contributed by atoms with E-state index in [4.69, 9.17) is 0 Å². The van der Waals surface area contributed by atoms with Crippen molar-refractivity contribution in [1.29, 1.82) is 5.26 Å². The Hall–Kier alpha value is -3.85. The molecular weight excluding hydrogens is 490 g/mol. The Labute approximate surface area is 201 Å². The molecule has 2 aromatic rings. The third kappa shape index (κ3) is 5.63. The van der Waals surface area contributed by atoms with Crippen LogP contribution in [0.5, 0.6) is 0 Å². The van der Waals surface area contributed by atoms with Crippen LogP contribution in [-0.2, 0) is 25.3 Å². The first-order valence-electron chi connectivity index (χ1n) is 9.94. The van der Waals surface area contributed by atoms with E-state index in [0.29, 0.717) is 11.8 Å². The molecule has 0 radical (unpaired) electrons. The maximum atomic E-state index is 14.6. The van der Waals surface area contributed by atoms with Crippen LogP contribution in [0.15, 0.2) is 59.1 Å². The van der Waals surface area contributed by atoms with E-state index >= 15 is 0 Å². The van der Waals surface area contributed by atoms with Crippen molar-refractivity contribution < 1.29 is 36.7 Å². The SMILES string of the molecule is COC(=O)[C@H]1C(=O)NC(SCC(=O)Nc2ccccc2C(F)(F)F)=C(C#N)[C@@H]1c1ccccc1F. The highest BCUT2D eigenvalue weighted by molar-refractivity contribution is 8.03. The lowest BCUT2D eigenvalue weighted by Gasteiger charge is -2.31. The number of anilines is 1. The highest BCUT2D eigenvalue weighted by Gasteiger charge is 2.45. The number of nitrogens with one attached hydrogen (secondary N) is 2. The molecule has 0 aliphatic carbocycles. The van der Waals surface area contributed by atoms with E-state index in [0.717, 1.165) is 25.3 Å². The number of para-hydroxylation sites is 1. The second-order valence-electron chi connectivity index (χ2n) is 7.22. The number of amides is 2. The first-order valence-corrected chi connectivity index (χ1v) is 10.9. The van der Waals surface area contributed by atoms with Gasteiger partial charge in [0.15, 0.2) is 0 Å². The molecule has 1 aliphatic heterocycles. The minimum absolute atomic E-state index is 0.101. The second kappa shape index (κ2) is 10.6. The van der Waals surface area contributed by atoms with Gasteiger partial charge in [-0.3, -0.25) is 14.4 Å². The molecule has 0 fully saturated rings. The van der Waals surface area contributed by atoms with Gasteiger partial charge in [0.1, 0.15) is 11.7 Å². The highest BCUT2D eigenvalue weighted by atomic mass is 32.2. The largest absolute Gasteiger partial charge is 0.468 e. The number of thioether (sulfide) groups is 1. The number of halogens is 4. The van der Waals surface area contributed by atoms with Crippen molar-refractivity contribution in [3.63, 3.8) is 0 Å². The van der Waals surface area contributed by atoms with Gasteiger partial charge in [-0.1, -0.05) is 42.1 Å². The first kappa shape index (κ1) is 25.8. The smallest absolute Gasteiger partial charge is 0.418 e. The number of alkyl halides is 3. The number of carbonyl (C=O) groups excluding carboxylic acids is 3. The average molecular weight is 507 g/mol. The van der Waals surface area contributed by atoms with Crippen molar-refractivity contribution in [2.45, 2.75) is 12.1 Å². The van der Waals surface area contributed by atoms with Gasteiger partial charge in [-0.05, 0) is 23.8 Å². The fourth-order valence-electron chi connectivity index (χ4n) is 3.55. The van der Waals surface area contributed by atoms with Gasteiger partial charge < -0.3 is 15.4 Å². The van der Waals surface area contributed by atoms with Crippen molar-refractivity contribution in [2.24, 2.45) is 5.92 Å². The van der Waals surface area contributed by atoms with Gasteiger partial charge in [0.2, 0.25) is 11.8 Å². The van der Waals surface area contributed by atoms with E-state index in [1.165, 1.54) is 30.3 Å². The normalized spacial score (nSPS) is 17.9. The van der Waals surface area contributed by atoms with E-state index in [1.807, 2.05) is 6.07 Å². The summed E-state index contributed by atoms with van der Waals surface area (Å²) in [4.78, 5) is 37.4. The molecule has 2 atom stereocenters. The molecule has 7 nitrogen and oxygen atoms in total. The topological polar surface area (TPSA) is 108 Å². The number of esters is 1. The van der Waals surface area contributed by atoms with Gasteiger partial charge in [-0.2, -0.15) is 18.4 Å². The first-order chi connectivity index (χ1) is 16.6. The van der Waals surface area contributed by atoms with Crippen LogP contribution >= 0.6 is 11.8 Å². The minimum Gasteiger partial charge on any atom is -0.468 e. The Morgan fingerprint density at radius 3 is 2.46 bits per heavy atom.